The summed E-state index contributed by atoms with van der Waals surface area (Å²) < 4.78 is 18.2. The Hall–Kier alpha value is -3.71. The second kappa shape index (κ2) is 8.75. The van der Waals surface area contributed by atoms with Crippen molar-refractivity contribution in [1.82, 2.24) is 10.0 Å². The van der Waals surface area contributed by atoms with Crippen LogP contribution in [0.4, 0.5) is 0 Å². The van der Waals surface area contributed by atoms with Crippen LogP contribution in [-0.2, 0) is 11.8 Å². The fourth-order valence-corrected chi connectivity index (χ4v) is 3.34. The zero-order valence-electron chi connectivity index (χ0n) is 17.4. The Morgan fingerprint density at radius 2 is 1.70 bits per heavy atom. The number of ether oxygens (including phenoxy) is 3. The Kier molecular flexibility index (Phi) is 6.13. The van der Waals surface area contributed by atoms with E-state index in [2.05, 4.69) is 6.58 Å². The molecule has 0 aliphatic rings. The number of nitrogens with zero attached hydrogens (tertiary/aromatic N) is 1. The highest BCUT2D eigenvalue weighted by Gasteiger charge is 2.16. The molecule has 0 saturated heterocycles. The molecule has 30 heavy (non-hydrogen) atoms. The zero-order valence-corrected chi connectivity index (χ0v) is 17.4. The minimum atomic E-state index is -0.586. The van der Waals surface area contributed by atoms with E-state index >= 15 is 0 Å². The summed E-state index contributed by atoms with van der Waals surface area (Å²) in [5, 5.41) is 9.64. The van der Waals surface area contributed by atoms with Crippen molar-refractivity contribution in [3.8, 4) is 17.2 Å². The largest absolute Gasteiger partial charge is 0.493 e. The number of aryl methyl sites for hydroxylation is 1. The van der Waals surface area contributed by atoms with Crippen molar-refractivity contribution in [1.29, 1.82) is 0 Å². The molecule has 0 radical (unpaired) electrons. The molecule has 0 bridgehead atoms. The summed E-state index contributed by atoms with van der Waals surface area (Å²) in [7, 11) is 6.62. The van der Waals surface area contributed by atoms with Gasteiger partial charge in [-0.25, -0.2) is 5.48 Å². The fraction of sp³-hybridized carbons (Fsp3) is 0.174. The molecule has 0 unspecified atom stereocenters. The Balaban J connectivity index is 2.02. The molecule has 0 aliphatic heterocycles. The van der Waals surface area contributed by atoms with Crippen LogP contribution in [0.15, 0.2) is 49.1 Å². The SMILES string of the molecule is C=C(c1cc(OC)c(OC)c(OC)c1)c1ccc2c(c1)cc(/C=C/C(=O)NO)n2C. The number of methoxy groups -OCH3 is 3. The fourth-order valence-electron chi connectivity index (χ4n) is 3.34. The monoisotopic (exact) mass is 408 g/mol. The second-order valence-electron chi connectivity index (χ2n) is 6.60. The van der Waals surface area contributed by atoms with Crippen molar-refractivity contribution in [3.63, 3.8) is 0 Å². The molecular formula is C23H24N2O5. The molecule has 0 saturated carbocycles. The third kappa shape index (κ3) is 3.88. The van der Waals surface area contributed by atoms with Crippen LogP contribution in [0.5, 0.6) is 17.2 Å². The summed E-state index contributed by atoms with van der Waals surface area (Å²) in [6, 6.07) is 11.7. The predicted octanol–water partition coefficient (Wildman–Crippen LogP) is 3.78. The van der Waals surface area contributed by atoms with Crippen molar-refractivity contribution < 1.29 is 24.2 Å². The Labute approximate surface area is 174 Å². The lowest BCUT2D eigenvalue weighted by atomic mass is 9.97. The molecule has 156 valence electrons. The highest BCUT2D eigenvalue weighted by molar-refractivity contribution is 5.93. The lowest BCUT2D eigenvalue weighted by Gasteiger charge is -2.15. The van der Waals surface area contributed by atoms with Crippen LogP contribution in [0.1, 0.15) is 16.8 Å². The molecule has 2 aromatic carbocycles. The van der Waals surface area contributed by atoms with E-state index in [1.807, 2.05) is 48.0 Å². The first-order chi connectivity index (χ1) is 14.4. The lowest BCUT2D eigenvalue weighted by Crippen LogP contribution is -2.14. The van der Waals surface area contributed by atoms with Crippen LogP contribution in [0, 0.1) is 0 Å². The molecule has 0 spiro atoms. The average Bonchev–Trinajstić information content (AvgIpc) is 3.10. The third-order valence-electron chi connectivity index (χ3n) is 4.96. The number of carbonyl (C=O) groups excluding carboxylic acids is 1. The first-order valence-corrected chi connectivity index (χ1v) is 9.14. The molecule has 7 nitrogen and oxygen atoms in total. The first-order valence-electron chi connectivity index (χ1n) is 9.14. The van der Waals surface area contributed by atoms with Crippen LogP contribution < -0.4 is 19.7 Å². The van der Waals surface area contributed by atoms with E-state index in [0.717, 1.165) is 33.3 Å². The molecule has 1 heterocycles. The first kappa shape index (κ1) is 21.0. The summed E-state index contributed by atoms with van der Waals surface area (Å²) in [4.78, 5) is 11.3. The number of rotatable bonds is 7. The molecule has 0 fully saturated rings. The summed E-state index contributed by atoms with van der Waals surface area (Å²) in [6.45, 7) is 4.25. The molecule has 0 aliphatic carbocycles. The van der Waals surface area contributed by atoms with Crippen molar-refractivity contribution in [2.75, 3.05) is 21.3 Å². The van der Waals surface area contributed by atoms with E-state index in [9.17, 15) is 4.79 Å². The van der Waals surface area contributed by atoms with Crippen LogP contribution >= 0.6 is 0 Å². The maximum Gasteiger partial charge on any atom is 0.267 e. The van der Waals surface area contributed by atoms with Gasteiger partial charge in [-0.15, -0.1) is 0 Å². The minimum Gasteiger partial charge on any atom is -0.493 e. The van der Waals surface area contributed by atoms with Gasteiger partial charge in [0.2, 0.25) is 5.75 Å². The maximum absolute atomic E-state index is 11.3. The Morgan fingerprint density at radius 1 is 1.03 bits per heavy atom. The van der Waals surface area contributed by atoms with Crippen LogP contribution in [0.25, 0.3) is 22.6 Å². The molecule has 2 N–H and O–H groups in total. The van der Waals surface area contributed by atoms with Crippen molar-refractivity contribution in [2.24, 2.45) is 7.05 Å². The van der Waals surface area contributed by atoms with Crippen molar-refractivity contribution >= 4 is 28.5 Å². The minimum absolute atomic E-state index is 0.526. The standard InChI is InChI=1S/C23H24N2O5/c1-14(16-12-20(28-3)23(30-5)21(13-16)29-4)15-6-8-19-17(10-15)11-18(25(19)2)7-9-22(26)24-27/h6-13,27H,1H2,2-5H3,(H,24,26)/b9-7+. The molecule has 7 heteroatoms. The third-order valence-corrected chi connectivity index (χ3v) is 4.96. The predicted molar refractivity (Wildman–Crippen MR) is 116 cm³/mol. The van der Waals surface area contributed by atoms with Gasteiger partial charge in [0.05, 0.1) is 21.3 Å². The Morgan fingerprint density at radius 3 is 2.27 bits per heavy atom. The van der Waals surface area contributed by atoms with E-state index in [4.69, 9.17) is 19.4 Å². The van der Waals surface area contributed by atoms with Gasteiger partial charge in [0.25, 0.3) is 5.91 Å². The summed E-state index contributed by atoms with van der Waals surface area (Å²) in [6.07, 6.45) is 2.91. The van der Waals surface area contributed by atoms with E-state index in [-0.39, 0.29) is 0 Å². The molecule has 1 amide bonds. The number of hydrogen-bond acceptors (Lipinski definition) is 5. The quantitative estimate of drug-likeness (QED) is 0.353. The van der Waals surface area contributed by atoms with Crippen molar-refractivity contribution in [3.05, 3.63) is 65.9 Å². The van der Waals surface area contributed by atoms with Gasteiger partial charge in [0, 0.05) is 29.7 Å². The molecule has 3 aromatic rings. The number of nitrogens with one attached hydrogen (secondary N) is 1. The van der Waals surface area contributed by atoms with E-state index < -0.39 is 5.91 Å². The van der Waals surface area contributed by atoms with Crippen LogP contribution in [-0.4, -0.2) is 37.0 Å². The van der Waals surface area contributed by atoms with Gasteiger partial charge >= 0.3 is 0 Å². The normalized spacial score (nSPS) is 11.0. The van der Waals surface area contributed by atoms with Gasteiger partial charge in [-0.05, 0) is 53.1 Å². The van der Waals surface area contributed by atoms with Crippen molar-refractivity contribution in [2.45, 2.75) is 0 Å². The summed E-state index contributed by atoms with van der Waals surface area (Å²) in [5.74, 6) is 1.06. The summed E-state index contributed by atoms with van der Waals surface area (Å²) >= 11 is 0. The number of aromatic nitrogens is 1. The van der Waals surface area contributed by atoms with Gasteiger partial charge in [-0.2, -0.15) is 0 Å². The molecular weight excluding hydrogens is 384 g/mol. The highest BCUT2D eigenvalue weighted by atomic mass is 16.5. The molecule has 1 aromatic heterocycles. The van der Waals surface area contributed by atoms with Gasteiger partial charge in [0.1, 0.15) is 0 Å². The van der Waals surface area contributed by atoms with Gasteiger partial charge in [0.15, 0.2) is 11.5 Å². The number of hydroxylamine groups is 1. The summed E-state index contributed by atoms with van der Waals surface area (Å²) in [5.41, 5.74) is 5.99. The van der Waals surface area contributed by atoms with E-state index in [0.29, 0.717) is 17.2 Å². The van der Waals surface area contributed by atoms with E-state index in [1.165, 1.54) is 6.08 Å². The van der Waals surface area contributed by atoms with Crippen LogP contribution in [0.3, 0.4) is 0 Å². The van der Waals surface area contributed by atoms with Crippen LogP contribution in [0.2, 0.25) is 0 Å². The number of benzene rings is 2. The molecule has 0 atom stereocenters. The van der Waals surface area contributed by atoms with Gasteiger partial charge in [-0.1, -0.05) is 12.6 Å². The number of amides is 1. The van der Waals surface area contributed by atoms with Gasteiger partial charge in [-0.3, -0.25) is 10.0 Å². The number of fused-ring (bicyclic) bond motifs is 1. The van der Waals surface area contributed by atoms with E-state index in [1.54, 1.807) is 32.9 Å². The highest BCUT2D eigenvalue weighted by Crippen LogP contribution is 2.41. The number of hydrogen-bond donors (Lipinski definition) is 2. The molecule has 3 rings (SSSR count). The smallest absolute Gasteiger partial charge is 0.267 e. The Bertz CT molecular complexity index is 1120. The maximum atomic E-state index is 11.3. The van der Waals surface area contributed by atoms with Gasteiger partial charge < -0.3 is 18.8 Å². The lowest BCUT2D eigenvalue weighted by molar-refractivity contribution is -0.124. The second-order valence-corrected chi connectivity index (χ2v) is 6.60. The average molecular weight is 408 g/mol. The topological polar surface area (TPSA) is 82.0 Å². The zero-order chi connectivity index (χ0) is 21.8. The number of carbonyl (C=O) groups is 1.